The summed E-state index contributed by atoms with van der Waals surface area (Å²) in [4.78, 5) is 43.6. The molecule has 0 aromatic heterocycles. The number of carboxylic acid groups (broad SMARTS) is 1. The summed E-state index contributed by atoms with van der Waals surface area (Å²) in [6.45, 7) is 2.60. The molecular weight excluding hydrogens is 539 g/mol. The monoisotopic (exact) mass is 576 g/mol. The van der Waals surface area contributed by atoms with Gasteiger partial charge in [-0.25, -0.2) is 4.39 Å². The summed E-state index contributed by atoms with van der Waals surface area (Å²) in [5.41, 5.74) is 1.48. The number of likely N-dealkylation sites (tertiary alicyclic amines) is 1. The van der Waals surface area contributed by atoms with Crippen LogP contribution in [0.5, 0.6) is 11.5 Å². The number of hydrogen-bond acceptors (Lipinski definition) is 7. The van der Waals surface area contributed by atoms with Gasteiger partial charge in [0, 0.05) is 42.0 Å². The van der Waals surface area contributed by atoms with Gasteiger partial charge in [-0.15, -0.1) is 0 Å². The van der Waals surface area contributed by atoms with E-state index >= 15 is 0 Å². The largest absolute Gasteiger partial charge is 0.508 e. The molecular formula is C33H37FN2O6. The van der Waals surface area contributed by atoms with Crippen molar-refractivity contribution in [3.05, 3.63) is 94.8 Å². The SMILES string of the molecule is Cc1c(F)cccc1[C@H]1[C@@H](C(=O)c2cccc(O)c2)CN(CCC[C@H](C(=O)O)N(C)C)C[C@H]1C(=O)c1cccc(O)c1. The highest BCUT2D eigenvalue weighted by Gasteiger charge is 2.45. The Balaban J connectivity index is 1.77. The fourth-order valence-corrected chi connectivity index (χ4v) is 6.09. The van der Waals surface area contributed by atoms with Gasteiger partial charge < -0.3 is 20.2 Å². The van der Waals surface area contributed by atoms with Gasteiger partial charge in [-0.2, -0.15) is 0 Å². The summed E-state index contributed by atoms with van der Waals surface area (Å²) < 4.78 is 14.9. The molecule has 0 aliphatic carbocycles. The maximum atomic E-state index is 14.9. The molecule has 42 heavy (non-hydrogen) atoms. The molecule has 1 heterocycles. The number of nitrogens with zero attached hydrogens (tertiary/aromatic N) is 2. The lowest BCUT2D eigenvalue weighted by molar-refractivity contribution is -0.142. The number of aromatic hydroxyl groups is 2. The average molecular weight is 577 g/mol. The first-order chi connectivity index (χ1) is 20.0. The van der Waals surface area contributed by atoms with Gasteiger partial charge in [0.25, 0.3) is 0 Å². The average Bonchev–Trinajstić information content (AvgIpc) is 2.95. The predicted octanol–water partition coefficient (Wildman–Crippen LogP) is 4.74. The minimum atomic E-state index is -0.922. The van der Waals surface area contributed by atoms with Crippen LogP contribution in [0, 0.1) is 24.6 Å². The number of piperidine rings is 1. The van der Waals surface area contributed by atoms with Crippen LogP contribution in [-0.2, 0) is 4.79 Å². The van der Waals surface area contributed by atoms with E-state index in [4.69, 9.17) is 0 Å². The third kappa shape index (κ3) is 6.86. The highest BCUT2D eigenvalue weighted by molar-refractivity contribution is 6.02. The van der Waals surface area contributed by atoms with Gasteiger partial charge in [0.1, 0.15) is 23.4 Å². The molecule has 1 aliphatic heterocycles. The van der Waals surface area contributed by atoms with E-state index in [1.165, 1.54) is 30.3 Å². The zero-order valence-electron chi connectivity index (χ0n) is 24.0. The Hall–Kier alpha value is -4.08. The molecule has 0 unspecified atom stereocenters. The number of likely N-dealkylation sites (N-methyl/N-ethyl adjacent to an activating group) is 1. The number of Topliss-reactive ketones (excluding diaryl/α,β-unsaturated/α-hetero) is 2. The van der Waals surface area contributed by atoms with Crippen molar-refractivity contribution in [1.82, 2.24) is 9.80 Å². The van der Waals surface area contributed by atoms with Crippen molar-refractivity contribution in [3.8, 4) is 11.5 Å². The molecule has 0 saturated carbocycles. The molecule has 9 heteroatoms. The number of carboxylic acids is 1. The maximum Gasteiger partial charge on any atom is 0.320 e. The smallest absolute Gasteiger partial charge is 0.320 e. The van der Waals surface area contributed by atoms with Crippen molar-refractivity contribution >= 4 is 17.5 Å². The number of benzene rings is 3. The summed E-state index contributed by atoms with van der Waals surface area (Å²) in [7, 11) is 3.42. The highest BCUT2D eigenvalue weighted by atomic mass is 19.1. The summed E-state index contributed by atoms with van der Waals surface area (Å²) >= 11 is 0. The van der Waals surface area contributed by atoms with Crippen LogP contribution in [0.1, 0.15) is 50.6 Å². The molecule has 3 aromatic rings. The lowest BCUT2D eigenvalue weighted by atomic mass is 9.67. The Morgan fingerprint density at radius 2 is 1.43 bits per heavy atom. The number of carbonyl (C=O) groups excluding carboxylic acids is 2. The van der Waals surface area contributed by atoms with Gasteiger partial charge >= 0.3 is 5.97 Å². The van der Waals surface area contributed by atoms with Crippen LogP contribution in [-0.4, -0.2) is 82.4 Å². The molecule has 0 bridgehead atoms. The Labute approximate surface area is 245 Å². The van der Waals surface area contributed by atoms with Gasteiger partial charge in [0.2, 0.25) is 0 Å². The van der Waals surface area contributed by atoms with Crippen LogP contribution in [0.3, 0.4) is 0 Å². The van der Waals surface area contributed by atoms with Gasteiger partial charge in [-0.3, -0.25) is 19.3 Å². The lowest BCUT2D eigenvalue weighted by Crippen LogP contribution is -2.51. The third-order valence-electron chi connectivity index (χ3n) is 8.24. The summed E-state index contributed by atoms with van der Waals surface area (Å²) in [6.07, 6.45) is 0.889. The number of halogens is 1. The van der Waals surface area contributed by atoms with E-state index in [-0.39, 0.29) is 47.3 Å². The maximum absolute atomic E-state index is 14.9. The number of aliphatic carboxylic acids is 1. The molecule has 222 valence electrons. The standard InChI is InChI=1S/C33H37FN2O6/c1-20-25(12-6-13-28(20)34)30-26(31(39)21-8-4-10-23(37)16-21)18-36(15-7-14-29(33(41)42)35(2)3)19-27(30)32(40)22-9-5-11-24(38)17-22/h4-6,8-13,16-17,26-27,29-30,37-38H,7,14-15,18-19H2,1-3H3,(H,41,42)/t26-,27+,29-,30-/m1/s1. The van der Waals surface area contributed by atoms with E-state index in [9.17, 15) is 34.1 Å². The van der Waals surface area contributed by atoms with E-state index in [2.05, 4.69) is 0 Å². The molecule has 3 N–H and O–H groups in total. The number of carbonyl (C=O) groups is 3. The van der Waals surface area contributed by atoms with Crippen molar-refractivity contribution in [2.75, 3.05) is 33.7 Å². The molecule has 8 nitrogen and oxygen atoms in total. The Bertz CT molecular complexity index is 1390. The molecule has 1 saturated heterocycles. The van der Waals surface area contributed by atoms with Crippen LogP contribution in [0.2, 0.25) is 0 Å². The summed E-state index contributed by atoms with van der Waals surface area (Å²) in [5.74, 6) is -4.28. The zero-order valence-corrected chi connectivity index (χ0v) is 24.0. The predicted molar refractivity (Wildman–Crippen MR) is 157 cm³/mol. The minimum absolute atomic E-state index is 0.0669. The van der Waals surface area contributed by atoms with Crippen LogP contribution in [0.4, 0.5) is 4.39 Å². The number of phenols is 2. The van der Waals surface area contributed by atoms with Gasteiger partial charge in [-0.1, -0.05) is 36.4 Å². The Morgan fingerprint density at radius 1 is 0.905 bits per heavy atom. The second-order valence-electron chi connectivity index (χ2n) is 11.2. The Kier molecular flexibility index (Phi) is 9.75. The lowest BCUT2D eigenvalue weighted by Gasteiger charge is -2.43. The first kappa shape index (κ1) is 30.9. The number of hydrogen-bond donors (Lipinski definition) is 3. The van der Waals surface area contributed by atoms with Crippen LogP contribution < -0.4 is 0 Å². The van der Waals surface area contributed by atoms with Crippen molar-refractivity contribution in [1.29, 1.82) is 0 Å². The van der Waals surface area contributed by atoms with Crippen molar-refractivity contribution in [2.45, 2.75) is 31.7 Å². The van der Waals surface area contributed by atoms with E-state index < -0.39 is 35.6 Å². The van der Waals surface area contributed by atoms with Crippen LogP contribution in [0.25, 0.3) is 0 Å². The van der Waals surface area contributed by atoms with Gasteiger partial charge in [-0.05, 0) is 81.9 Å². The first-order valence-electron chi connectivity index (χ1n) is 14.0. The molecule has 4 rings (SSSR count). The van der Waals surface area contributed by atoms with E-state index in [1.807, 2.05) is 4.90 Å². The fourth-order valence-electron chi connectivity index (χ4n) is 6.09. The van der Waals surface area contributed by atoms with Crippen molar-refractivity contribution in [2.24, 2.45) is 11.8 Å². The fraction of sp³-hybridized carbons (Fsp3) is 0.364. The number of rotatable bonds is 11. The van der Waals surface area contributed by atoms with E-state index in [0.717, 1.165) is 0 Å². The summed E-state index contributed by atoms with van der Waals surface area (Å²) in [6, 6.07) is 16.1. The van der Waals surface area contributed by atoms with Crippen LogP contribution in [0.15, 0.2) is 66.7 Å². The van der Waals surface area contributed by atoms with Crippen molar-refractivity contribution in [3.63, 3.8) is 0 Å². The molecule has 4 atom stereocenters. The van der Waals surface area contributed by atoms with E-state index in [0.29, 0.717) is 30.5 Å². The normalized spacial score (nSPS) is 19.9. The molecule has 3 aromatic carbocycles. The molecule has 1 aliphatic rings. The summed E-state index contributed by atoms with van der Waals surface area (Å²) in [5, 5.41) is 29.8. The first-order valence-corrected chi connectivity index (χ1v) is 14.0. The highest BCUT2D eigenvalue weighted by Crippen LogP contribution is 2.42. The van der Waals surface area contributed by atoms with E-state index in [1.54, 1.807) is 62.3 Å². The topological polar surface area (TPSA) is 118 Å². The second-order valence-corrected chi connectivity index (χ2v) is 11.2. The Morgan fingerprint density at radius 3 is 1.90 bits per heavy atom. The van der Waals surface area contributed by atoms with Gasteiger partial charge in [0.05, 0.1) is 0 Å². The molecule has 0 radical (unpaired) electrons. The van der Waals surface area contributed by atoms with Crippen molar-refractivity contribution < 1.29 is 34.1 Å². The quantitative estimate of drug-likeness (QED) is 0.280. The molecule has 0 spiro atoms. The molecule has 0 amide bonds. The van der Waals surface area contributed by atoms with Gasteiger partial charge in [0.15, 0.2) is 11.6 Å². The third-order valence-corrected chi connectivity index (χ3v) is 8.24. The number of ketones is 2. The van der Waals surface area contributed by atoms with Crippen LogP contribution >= 0.6 is 0 Å². The number of phenolic OH excluding ortho intramolecular Hbond substituents is 2. The zero-order chi connectivity index (χ0) is 30.6. The second kappa shape index (κ2) is 13.3. The minimum Gasteiger partial charge on any atom is -0.508 e. The molecule has 1 fully saturated rings.